The summed E-state index contributed by atoms with van der Waals surface area (Å²) in [6, 6.07) is 6.62. The molecular formula is C12H14N2O3S. The van der Waals surface area contributed by atoms with E-state index in [1.807, 2.05) is 0 Å². The highest BCUT2D eigenvalue weighted by Crippen LogP contribution is 2.14. The monoisotopic (exact) mass is 266 g/mol. The van der Waals surface area contributed by atoms with Gasteiger partial charge in [0.05, 0.1) is 12.2 Å². The first-order chi connectivity index (χ1) is 8.49. The molecule has 18 heavy (non-hydrogen) atoms. The molecule has 0 spiro atoms. The largest absolute Gasteiger partial charge is 0.389 e. The molecule has 1 amide bonds. The van der Waals surface area contributed by atoms with Crippen LogP contribution < -0.4 is 5.73 Å². The lowest BCUT2D eigenvalue weighted by molar-refractivity contribution is 0.0572. The highest BCUT2D eigenvalue weighted by molar-refractivity contribution is 7.80. The van der Waals surface area contributed by atoms with Crippen molar-refractivity contribution in [3.8, 4) is 0 Å². The molecule has 2 unspecified atom stereocenters. The molecule has 6 heteroatoms. The van der Waals surface area contributed by atoms with Crippen LogP contribution in [0.15, 0.2) is 24.3 Å². The summed E-state index contributed by atoms with van der Waals surface area (Å²) in [6.45, 7) is 0.300. The summed E-state index contributed by atoms with van der Waals surface area (Å²) in [6.07, 6.45) is -1.74. The molecule has 0 saturated carbocycles. The van der Waals surface area contributed by atoms with Crippen LogP contribution in [0.4, 0.5) is 0 Å². The number of hydrogen-bond acceptors (Lipinski definition) is 4. The Kier molecular flexibility index (Phi) is 3.60. The van der Waals surface area contributed by atoms with Gasteiger partial charge in [-0.25, -0.2) is 0 Å². The van der Waals surface area contributed by atoms with E-state index in [1.54, 1.807) is 24.3 Å². The second kappa shape index (κ2) is 5.01. The number of aliphatic hydroxyl groups excluding tert-OH is 2. The molecule has 0 aliphatic carbocycles. The minimum absolute atomic E-state index is 0.150. The van der Waals surface area contributed by atoms with Crippen molar-refractivity contribution in [1.29, 1.82) is 0 Å². The molecular weight excluding hydrogens is 252 g/mol. The lowest BCUT2D eigenvalue weighted by Gasteiger charge is -2.15. The third-order valence-corrected chi connectivity index (χ3v) is 3.20. The Morgan fingerprint density at radius 2 is 1.61 bits per heavy atom. The quantitative estimate of drug-likeness (QED) is 0.628. The first kappa shape index (κ1) is 12.9. The van der Waals surface area contributed by atoms with E-state index in [9.17, 15) is 15.0 Å². The molecule has 0 aromatic heterocycles. The summed E-state index contributed by atoms with van der Waals surface area (Å²) in [5.41, 5.74) is 6.65. The van der Waals surface area contributed by atoms with Crippen molar-refractivity contribution in [3.05, 3.63) is 35.4 Å². The molecule has 96 valence electrons. The van der Waals surface area contributed by atoms with Gasteiger partial charge in [0.15, 0.2) is 0 Å². The van der Waals surface area contributed by atoms with Gasteiger partial charge in [-0.15, -0.1) is 0 Å². The van der Waals surface area contributed by atoms with Gasteiger partial charge < -0.3 is 20.8 Å². The van der Waals surface area contributed by atoms with Gasteiger partial charge in [-0.1, -0.05) is 24.4 Å². The van der Waals surface area contributed by atoms with Crippen molar-refractivity contribution in [2.45, 2.75) is 12.2 Å². The van der Waals surface area contributed by atoms with Crippen LogP contribution in [0.5, 0.6) is 0 Å². The predicted molar refractivity (Wildman–Crippen MR) is 70.2 cm³/mol. The summed E-state index contributed by atoms with van der Waals surface area (Å²) in [5.74, 6) is -0.222. The molecule has 0 bridgehead atoms. The van der Waals surface area contributed by atoms with Crippen LogP contribution in [0.2, 0.25) is 0 Å². The van der Waals surface area contributed by atoms with Crippen LogP contribution in [-0.2, 0) is 0 Å². The third kappa shape index (κ3) is 2.50. The molecule has 1 aromatic rings. The molecule has 2 atom stereocenters. The lowest BCUT2D eigenvalue weighted by Crippen LogP contribution is -2.29. The van der Waals surface area contributed by atoms with E-state index in [1.165, 1.54) is 4.90 Å². The fraction of sp³-hybridized carbons (Fsp3) is 0.333. The Labute approximate surface area is 110 Å². The van der Waals surface area contributed by atoms with Crippen LogP contribution in [0.1, 0.15) is 15.9 Å². The topological polar surface area (TPSA) is 86.8 Å². The standard InChI is InChI=1S/C12H14N2O3S/c13-11(18)7-1-3-8(4-2-7)12(17)14-5-9(15)10(16)6-14/h1-4,9-10,15-16H,5-6H2,(H2,13,18). The van der Waals surface area contributed by atoms with Crippen molar-refractivity contribution >= 4 is 23.1 Å². The summed E-state index contributed by atoms with van der Waals surface area (Å²) >= 11 is 4.83. The summed E-state index contributed by atoms with van der Waals surface area (Å²) < 4.78 is 0. The number of amides is 1. The number of β-amino-alcohol motifs (C(OH)–C–C–N with tert-alkyl or cyclic N) is 2. The summed E-state index contributed by atoms with van der Waals surface area (Å²) in [7, 11) is 0. The smallest absolute Gasteiger partial charge is 0.254 e. The molecule has 1 saturated heterocycles. The van der Waals surface area contributed by atoms with Gasteiger partial charge >= 0.3 is 0 Å². The Balaban J connectivity index is 2.12. The maximum Gasteiger partial charge on any atom is 0.254 e. The Hall–Kier alpha value is -1.50. The number of thiocarbonyl (C=S) groups is 1. The Morgan fingerprint density at radius 3 is 2.06 bits per heavy atom. The fourth-order valence-electron chi connectivity index (χ4n) is 1.89. The fourth-order valence-corrected chi connectivity index (χ4v) is 2.03. The number of nitrogens with zero attached hydrogens (tertiary/aromatic N) is 1. The molecule has 1 fully saturated rings. The van der Waals surface area contributed by atoms with E-state index < -0.39 is 12.2 Å². The van der Waals surface area contributed by atoms with E-state index in [2.05, 4.69) is 0 Å². The van der Waals surface area contributed by atoms with Gasteiger partial charge in [0.2, 0.25) is 0 Å². The number of benzene rings is 1. The number of carbonyl (C=O) groups is 1. The maximum absolute atomic E-state index is 12.1. The summed E-state index contributed by atoms with van der Waals surface area (Å²) in [4.78, 5) is 13.8. The van der Waals surface area contributed by atoms with Crippen LogP contribution in [-0.4, -0.2) is 51.3 Å². The molecule has 1 aliphatic rings. The van der Waals surface area contributed by atoms with Crippen LogP contribution in [0.3, 0.4) is 0 Å². The minimum Gasteiger partial charge on any atom is -0.389 e. The average molecular weight is 266 g/mol. The average Bonchev–Trinajstić information content (AvgIpc) is 2.69. The van der Waals surface area contributed by atoms with E-state index in [0.29, 0.717) is 11.1 Å². The first-order valence-corrected chi connectivity index (χ1v) is 5.95. The van der Waals surface area contributed by atoms with Crippen LogP contribution >= 0.6 is 12.2 Å². The molecule has 4 N–H and O–H groups in total. The highest BCUT2D eigenvalue weighted by Gasteiger charge is 2.32. The maximum atomic E-state index is 12.1. The zero-order valence-corrected chi connectivity index (χ0v) is 10.4. The van der Waals surface area contributed by atoms with Crippen molar-refractivity contribution in [3.63, 3.8) is 0 Å². The van der Waals surface area contributed by atoms with E-state index >= 15 is 0 Å². The Bertz CT molecular complexity index is 465. The zero-order chi connectivity index (χ0) is 13.3. The molecule has 2 rings (SSSR count). The van der Waals surface area contributed by atoms with E-state index in [-0.39, 0.29) is 24.0 Å². The van der Waals surface area contributed by atoms with E-state index in [0.717, 1.165) is 0 Å². The third-order valence-electron chi connectivity index (χ3n) is 2.96. The lowest BCUT2D eigenvalue weighted by atomic mass is 10.1. The van der Waals surface area contributed by atoms with Crippen LogP contribution in [0.25, 0.3) is 0 Å². The zero-order valence-electron chi connectivity index (χ0n) is 9.61. The number of aliphatic hydroxyl groups is 2. The van der Waals surface area contributed by atoms with E-state index in [4.69, 9.17) is 18.0 Å². The second-order valence-electron chi connectivity index (χ2n) is 4.29. The van der Waals surface area contributed by atoms with Gasteiger partial charge in [0.1, 0.15) is 4.99 Å². The molecule has 0 radical (unpaired) electrons. The van der Waals surface area contributed by atoms with Gasteiger partial charge in [-0.05, 0) is 12.1 Å². The minimum atomic E-state index is -0.871. The number of carbonyl (C=O) groups excluding carboxylic acids is 1. The highest BCUT2D eigenvalue weighted by atomic mass is 32.1. The van der Waals surface area contributed by atoms with Gasteiger partial charge in [0, 0.05) is 24.2 Å². The molecule has 1 aromatic carbocycles. The number of hydrogen-bond donors (Lipinski definition) is 3. The van der Waals surface area contributed by atoms with Gasteiger partial charge in [0.25, 0.3) is 5.91 Å². The Morgan fingerprint density at radius 1 is 1.17 bits per heavy atom. The van der Waals surface area contributed by atoms with Crippen molar-refractivity contribution in [2.24, 2.45) is 5.73 Å². The van der Waals surface area contributed by atoms with Gasteiger partial charge in [-0.3, -0.25) is 4.79 Å². The molecule has 1 aliphatic heterocycles. The molecule has 1 heterocycles. The number of likely N-dealkylation sites (tertiary alicyclic amines) is 1. The number of nitrogens with two attached hydrogens (primary N) is 1. The first-order valence-electron chi connectivity index (χ1n) is 5.54. The normalized spacial score (nSPS) is 23.1. The SMILES string of the molecule is NC(=S)c1ccc(C(=O)N2CC(O)C(O)C2)cc1. The van der Waals surface area contributed by atoms with Crippen molar-refractivity contribution in [1.82, 2.24) is 4.90 Å². The molecule has 5 nitrogen and oxygen atoms in total. The van der Waals surface area contributed by atoms with Crippen molar-refractivity contribution < 1.29 is 15.0 Å². The predicted octanol–water partition coefficient (Wildman–Crippen LogP) is -0.502. The van der Waals surface area contributed by atoms with Crippen molar-refractivity contribution in [2.75, 3.05) is 13.1 Å². The van der Waals surface area contributed by atoms with Gasteiger partial charge in [-0.2, -0.15) is 0 Å². The second-order valence-corrected chi connectivity index (χ2v) is 4.73. The van der Waals surface area contributed by atoms with Crippen LogP contribution in [0, 0.1) is 0 Å². The number of rotatable bonds is 2. The summed E-state index contributed by atoms with van der Waals surface area (Å²) in [5, 5.41) is 18.8.